The predicted octanol–water partition coefficient (Wildman–Crippen LogP) is 3.39. The molecule has 0 saturated carbocycles. The number of hydrogen-bond acceptors (Lipinski definition) is 2. The quantitative estimate of drug-likeness (QED) is 0.922. The van der Waals surface area contributed by atoms with Gasteiger partial charge in [0, 0.05) is 13.1 Å². The molecular weight excluding hydrogens is 257 g/mol. The van der Waals surface area contributed by atoms with Gasteiger partial charge in [-0.1, -0.05) is 26.8 Å². The van der Waals surface area contributed by atoms with Crippen molar-refractivity contribution in [3.63, 3.8) is 0 Å². The summed E-state index contributed by atoms with van der Waals surface area (Å²) in [6.45, 7) is 9.23. The van der Waals surface area contributed by atoms with Crippen LogP contribution in [0.1, 0.15) is 43.1 Å². The van der Waals surface area contributed by atoms with E-state index in [4.69, 9.17) is 5.11 Å². The molecule has 2 rings (SSSR count). The van der Waals surface area contributed by atoms with Gasteiger partial charge in [-0.05, 0) is 42.0 Å². The molecule has 3 nitrogen and oxygen atoms in total. The number of carbonyl (C=O) groups is 1. The van der Waals surface area contributed by atoms with Crippen molar-refractivity contribution in [3.8, 4) is 0 Å². The molecule has 110 valence electrons. The summed E-state index contributed by atoms with van der Waals surface area (Å²) in [5.41, 5.74) is 1.03. The Labute approximate surface area is 119 Å². The van der Waals surface area contributed by atoms with E-state index in [1.165, 1.54) is 6.07 Å². The molecule has 1 aliphatic heterocycles. The van der Waals surface area contributed by atoms with Gasteiger partial charge in [-0.15, -0.1) is 0 Å². The Hall–Kier alpha value is -1.42. The average Bonchev–Trinajstić information content (AvgIpc) is 2.79. The third-order valence-electron chi connectivity index (χ3n) is 4.19. The fraction of sp³-hybridized carbons (Fsp3) is 0.562. The summed E-state index contributed by atoms with van der Waals surface area (Å²) in [5, 5.41) is 9.16. The Morgan fingerprint density at radius 3 is 2.70 bits per heavy atom. The van der Waals surface area contributed by atoms with Gasteiger partial charge in [0.1, 0.15) is 5.82 Å². The first-order valence-electron chi connectivity index (χ1n) is 7.01. The van der Waals surface area contributed by atoms with E-state index in [9.17, 15) is 9.18 Å². The number of halogens is 1. The van der Waals surface area contributed by atoms with Gasteiger partial charge in [-0.2, -0.15) is 0 Å². The summed E-state index contributed by atoms with van der Waals surface area (Å²) in [4.78, 5) is 13.4. The molecule has 1 fully saturated rings. The van der Waals surface area contributed by atoms with Crippen molar-refractivity contribution in [2.45, 2.75) is 33.7 Å². The van der Waals surface area contributed by atoms with Crippen LogP contribution in [-0.4, -0.2) is 29.1 Å². The van der Waals surface area contributed by atoms with Gasteiger partial charge in [-0.3, -0.25) is 4.90 Å². The fourth-order valence-corrected chi connectivity index (χ4v) is 2.81. The predicted molar refractivity (Wildman–Crippen MR) is 76.2 cm³/mol. The van der Waals surface area contributed by atoms with E-state index in [1.54, 1.807) is 6.07 Å². The van der Waals surface area contributed by atoms with Crippen molar-refractivity contribution in [1.29, 1.82) is 0 Å². The molecule has 0 bridgehead atoms. The van der Waals surface area contributed by atoms with Crippen LogP contribution >= 0.6 is 0 Å². The second-order valence-corrected chi connectivity index (χ2v) is 6.69. The van der Waals surface area contributed by atoms with Crippen LogP contribution in [0, 0.1) is 17.2 Å². The second-order valence-electron chi connectivity index (χ2n) is 6.69. The standard InChI is InChI=1S/C16H22FNO2/c1-16(2,3)12-6-7-18(10-12)9-11-4-5-13(17)8-14(11)15(19)20/h4-5,8,12H,6-7,9-10H2,1-3H3,(H,19,20). The Balaban J connectivity index is 2.10. The topological polar surface area (TPSA) is 40.5 Å². The summed E-state index contributed by atoms with van der Waals surface area (Å²) in [6.07, 6.45) is 1.13. The number of nitrogens with zero attached hydrogens (tertiary/aromatic N) is 1. The minimum absolute atomic E-state index is 0.0733. The van der Waals surface area contributed by atoms with Crippen LogP contribution < -0.4 is 0 Å². The van der Waals surface area contributed by atoms with E-state index in [1.807, 2.05) is 0 Å². The zero-order chi connectivity index (χ0) is 14.9. The van der Waals surface area contributed by atoms with Gasteiger partial charge >= 0.3 is 5.97 Å². The molecule has 0 aromatic heterocycles. The number of carboxylic acids is 1. The smallest absolute Gasteiger partial charge is 0.336 e. The Morgan fingerprint density at radius 2 is 2.15 bits per heavy atom. The average molecular weight is 279 g/mol. The molecule has 1 atom stereocenters. The van der Waals surface area contributed by atoms with Gasteiger partial charge in [0.15, 0.2) is 0 Å². The lowest BCUT2D eigenvalue weighted by molar-refractivity contribution is 0.0694. The van der Waals surface area contributed by atoms with Gasteiger partial charge in [0.05, 0.1) is 5.56 Å². The highest BCUT2D eigenvalue weighted by Gasteiger charge is 2.32. The number of benzene rings is 1. The Morgan fingerprint density at radius 1 is 1.45 bits per heavy atom. The van der Waals surface area contributed by atoms with Crippen LogP contribution in [0.4, 0.5) is 4.39 Å². The van der Waals surface area contributed by atoms with E-state index < -0.39 is 11.8 Å². The number of carboxylic acid groups (broad SMARTS) is 1. The SMILES string of the molecule is CC(C)(C)C1CCN(Cc2ccc(F)cc2C(=O)O)C1. The minimum atomic E-state index is -1.06. The first kappa shape index (κ1) is 15.0. The molecular formula is C16H22FNO2. The number of hydrogen-bond donors (Lipinski definition) is 1. The monoisotopic (exact) mass is 279 g/mol. The lowest BCUT2D eigenvalue weighted by Crippen LogP contribution is -2.26. The van der Waals surface area contributed by atoms with E-state index in [-0.39, 0.29) is 11.0 Å². The molecule has 1 saturated heterocycles. The molecule has 4 heteroatoms. The van der Waals surface area contributed by atoms with Gasteiger partial charge in [-0.25, -0.2) is 9.18 Å². The lowest BCUT2D eigenvalue weighted by atomic mass is 9.80. The van der Waals surface area contributed by atoms with Crippen molar-refractivity contribution in [2.24, 2.45) is 11.3 Å². The summed E-state index contributed by atoms with van der Waals surface area (Å²) in [5.74, 6) is -0.942. The molecule has 1 aromatic carbocycles. The second kappa shape index (κ2) is 5.52. The summed E-state index contributed by atoms with van der Waals surface area (Å²) in [6, 6.07) is 4.03. The van der Waals surface area contributed by atoms with Crippen molar-refractivity contribution in [2.75, 3.05) is 13.1 Å². The third kappa shape index (κ3) is 3.37. The minimum Gasteiger partial charge on any atom is -0.478 e. The number of likely N-dealkylation sites (tertiary alicyclic amines) is 1. The van der Waals surface area contributed by atoms with Crippen molar-refractivity contribution < 1.29 is 14.3 Å². The van der Waals surface area contributed by atoms with Crippen molar-refractivity contribution in [3.05, 3.63) is 35.1 Å². The van der Waals surface area contributed by atoms with Crippen LogP contribution in [0.2, 0.25) is 0 Å². The molecule has 0 spiro atoms. The summed E-state index contributed by atoms with van der Waals surface area (Å²) in [7, 11) is 0. The van der Waals surface area contributed by atoms with Gasteiger partial charge in [0.2, 0.25) is 0 Å². The summed E-state index contributed by atoms with van der Waals surface area (Å²) >= 11 is 0. The zero-order valence-electron chi connectivity index (χ0n) is 12.3. The Bertz CT molecular complexity index is 508. The van der Waals surface area contributed by atoms with E-state index in [2.05, 4.69) is 25.7 Å². The number of rotatable bonds is 3. The van der Waals surface area contributed by atoms with Crippen LogP contribution in [-0.2, 0) is 6.54 Å². The van der Waals surface area contributed by atoms with Gasteiger partial charge in [0.25, 0.3) is 0 Å². The van der Waals surface area contributed by atoms with Crippen LogP contribution in [0.25, 0.3) is 0 Å². The Kier molecular flexibility index (Phi) is 4.14. The van der Waals surface area contributed by atoms with Crippen LogP contribution in [0.3, 0.4) is 0 Å². The molecule has 0 aliphatic carbocycles. The third-order valence-corrected chi connectivity index (χ3v) is 4.19. The van der Waals surface area contributed by atoms with Crippen LogP contribution in [0.15, 0.2) is 18.2 Å². The normalized spacial score (nSPS) is 20.3. The fourth-order valence-electron chi connectivity index (χ4n) is 2.81. The molecule has 1 aliphatic rings. The highest BCUT2D eigenvalue weighted by molar-refractivity contribution is 5.89. The molecule has 0 radical (unpaired) electrons. The van der Waals surface area contributed by atoms with E-state index >= 15 is 0 Å². The first-order valence-corrected chi connectivity index (χ1v) is 7.01. The molecule has 1 N–H and O–H groups in total. The van der Waals surface area contributed by atoms with Crippen molar-refractivity contribution in [1.82, 2.24) is 4.90 Å². The zero-order valence-corrected chi connectivity index (χ0v) is 12.3. The lowest BCUT2D eigenvalue weighted by Gasteiger charge is -2.27. The van der Waals surface area contributed by atoms with Gasteiger partial charge < -0.3 is 5.11 Å². The highest BCUT2D eigenvalue weighted by atomic mass is 19.1. The maximum absolute atomic E-state index is 13.2. The molecule has 1 unspecified atom stereocenters. The molecule has 0 amide bonds. The van der Waals surface area contributed by atoms with Crippen molar-refractivity contribution >= 4 is 5.97 Å². The van der Waals surface area contributed by atoms with E-state index in [0.717, 1.165) is 25.6 Å². The maximum atomic E-state index is 13.2. The van der Waals surface area contributed by atoms with Crippen LogP contribution in [0.5, 0.6) is 0 Å². The largest absolute Gasteiger partial charge is 0.478 e. The number of aromatic carboxylic acids is 1. The maximum Gasteiger partial charge on any atom is 0.336 e. The highest BCUT2D eigenvalue weighted by Crippen LogP contribution is 2.34. The molecule has 20 heavy (non-hydrogen) atoms. The first-order chi connectivity index (χ1) is 9.27. The summed E-state index contributed by atoms with van der Waals surface area (Å²) < 4.78 is 13.2. The van der Waals surface area contributed by atoms with E-state index in [0.29, 0.717) is 18.0 Å². The molecule has 1 aromatic rings. The molecule has 1 heterocycles.